The molecule has 1 fully saturated rings. The van der Waals surface area contributed by atoms with Crippen molar-refractivity contribution < 1.29 is 9.53 Å². The quantitative estimate of drug-likeness (QED) is 0.678. The molecule has 1 atom stereocenters. The first-order valence-corrected chi connectivity index (χ1v) is 7.41. The van der Waals surface area contributed by atoms with Crippen LogP contribution in [-0.2, 0) is 9.53 Å². The van der Waals surface area contributed by atoms with Crippen molar-refractivity contribution in [1.29, 1.82) is 0 Å². The number of piperidine rings is 1. The first-order valence-electron chi connectivity index (χ1n) is 7.41. The lowest BCUT2D eigenvalue weighted by molar-refractivity contribution is -0.123. The molecule has 1 aliphatic heterocycles. The number of nitrogens with two attached hydrogens (primary N) is 1. The Hall–Kier alpha value is -0.650. The van der Waals surface area contributed by atoms with Gasteiger partial charge in [-0.3, -0.25) is 4.79 Å². The molecule has 19 heavy (non-hydrogen) atoms. The van der Waals surface area contributed by atoms with Crippen LogP contribution in [0.15, 0.2) is 0 Å². The molecule has 112 valence electrons. The Bertz CT molecular complexity index is 249. The molecule has 0 saturated carbocycles. The van der Waals surface area contributed by atoms with Gasteiger partial charge in [0.2, 0.25) is 5.91 Å². The molecule has 0 aromatic rings. The van der Waals surface area contributed by atoms with E-state index < -0.39 is 0 Å². The fourth-order valence-corrected chi connectivity index (χ4v) is 2.53. The molecule has 0 aromatic carbocycles. The normalized spacial score (nSPS) is 19.3. The third-order valence-electron chi connectivity index (χ3n) is 3.84. The van der Waals surface area contributed by atoms with Gasteiger partial charge in [-0.15, -0.1) is 0 Å². The van der Waals surface area contributed by atoms with E-state index in [0.717, 1.165) is 19.6 Å². The molecule has 5 heteroatoms. The minimum atomic E-state index is -0.161. The second-order valence-corrected chi connectivity index (χ2v) is 5.39. The molecule has 0 aliphatic carbocycles. The summed E-state index contributed by atoms with van der Waals surface area (Å²) < 4.78 is 5.11. The standard InChI is InChI=1S/C14H29N3O2/c1-3-6-17-7-4-12(5-8-17)11-16-14(18)9-13(10-15)19-2/h12-13H,3-11,15H2,1-2H3,(H,16,18). The lowest BCUT2D eigenvalue weighted by Gasteiger charge is -2.31. The Morgan fingerprint density at radius 3 is 2.68 bits per heavy atom. The molecule has 1 amide bonds. The maximum absolute atomic E-state index is 11.7. The summed E-state index contributed by atoms with van der Waals surface area (Å²) in [6, 6.07) is 0. The molecule has 3 N–H and O–H groups in total. The highest BCUT2D eigenvalue weighted by molar-refractivity contribution is 5.76. The molecular formula is C14H29N3O2. The third kappa shape index (κ3) is 6.36. The van der Waals surface area contributed by atoms with E-state index >= 15 is 0 Å². The van der Waals surface area contributed by atoms with E-state index in [1.807, 2.05) is 0 Å². The summed E-state index contributed by atoms with van der Waals surface area (Å²) in [4.78, 5) is 14.2. The molecule has 5 nitrogen and oxygen atoms in total. The number of methoxy groups -OCH3 is 1. The summed E-state index contributed by atoms with van der Waals surface area (Å²) in [5.41, 5.74) is 5.50. The molecule has 1 heterocycles. The van der Waals surface area contributed by atoms with Crippen molar-refractivity contribution in [3.8, 4) is 0 Å². The molecule has 1 rings (SSSR count). The molecule has 0 bridgehead atoms. The lowest BCUT2D eigenvalue weighted by Crippen LogP contribution is -2.40. The predicted molar refractivity (Wildman–Crippen MR) is 76.9 cm³/mol. The SMILES string of the molecule is CCCN1CCC(CNC(=O)CC(CN)OC)CC1. The van der Waals surface area contributed by atoms with Gasteiger partial charge in [0, 0.05) is 20.2 Å². The third-order valence-corrected chi connectivity index (χ3v) is 3.84. The van der Waals surface area contributed by atoms with E-state index in [1.165, 1.54) is 25.8 Å². The summed E-state index contributed by atoms with van der Waals surface area (Å²) in [5, 5.41) is 3.01. The summed E-state index contributed by atoms with van der Waals surface area (Å²) >= 11 is 0. The zero-order valence-electron chi connectivity index (χ0n) is 12.4. The van der Waals surface area contributed by atoms with Crippen LogP contribution in [-0.4, -0.2) is 56.7 Å². The lowest BCUT2D eigenvalue weighted by atomic mass is 9.96. The highest BCUT2D eigenvalue weighted by atomic mass is 16.5. The first-order chi connectivity index (χ1) is 9.19. The fraction of sp³-hybridized carbons (Fsp3) is 0.929. The van der Waals surface area contributed by atoms with Gasteiger partial charge < -0.3 is 20.7 Å². The Balaban J connectivity index is 2.14. The van der Waals surface area contributed by atoms with Gasteiger partial charge in [0.1, 0.15) is 0 Å². The van der Waals surface area contributed by atoms with Crippen molar-refractivity contribution in [2.45, 2.75) is 38.7 Å². The monoisotopic (exact) mass is 271 g/mol. The van der Waals surface area contributed by atoms with Crippen molar-refractivity contribution in [2.75, 3.05) is 39.8 Å². The maximum Gasteiger partial charge on any atom is 0.222 e. The van der Waals surface area contributed by atoms with Crippen LogP contribution >= 0.6 is 0 Å². The first kappa shape index (κ1) is 16.4. The minimum absolute atomic E-state index is 0.0493. The Kier molecular flexibility index (Phi) is 8.02. The van der Waals surface area contributed by atoms with Gasteiger partial charge in [-0.25, -0.2) is 0 Å². The smallest absolute Gasteiger partial charge is 0.222 e. The van der Waals surface area contributed by atoms with Gasteiger partial charge in [0.25, 0.3) is 0 Å². The average Bonchev–Trinajstić information content (AvgIpc) is 2.44. The number of amides is 1. The van der Waals surface area contributed by atoms with Crippen molar-refractivity contribution in [3.63, 3.8) is 0 Å². The molecule has 1 unspecified atom stereocenters. The van der Waals surface area contributed by atoms with Gasteiger partial charge in [-0.1, -0.05) is 6.92 Å². The zero-order valence-corrected chi connectivity index (χ0v) is 12.4. The number of hydrogen-bond donors (Lipinski definition) is 2. The van der Waals surface area contributed by atoms with Gasteiger partial charge in [0.15, 0.2) is 0 Å². The molecule has 1 saturated heterocycles. The van der Waals surface area contributed by atoms with Crippen LogP contribution in [0.25, 0.3) is 0 Å². The Labute approximate surface area is 116 Å². The highest BCUT2D eigenvalue weighted by Crippen LogP contribution is 2.16. The van der Waals surface area contributed by atoms with Crippen LogP contribution in [0.1, 0.15) is 32.6 Å². The number of likely N-dealkylation sites (tertiary alicyclic amines) is 1. The molecule has 0 aromatic heterocycles. The largest absolute Gasteiger partial charge is 0.380 e. The number of ether oxygens (including phenoxy) is 1. The van der Waals surface area contributed by atoms with Crippen molar-refractivity contribution >= 4 is 5.91 Å². The van der Waals surface area contributed by atoms with Crippen molar-refractivity contribution in [1.82, 2.24) is 10.2 Å². The second-order valence-electron chi connectivity index (χ2n) is 5.39. The van der Waals surface area contributed by atoms with Crippen molar-refractivity contribution in [3.05, 3.63) is 0 Å². The Morgan fingerprint density at radius 1 is 1.47 bits per heavy atom. The van der Waals surface area contributed by atoms with Crippen LogP contribution in [0, 0.1) is 5.92 Å². The van der Waals surface area contributed by atoms with Gasteiger partial charge in [-0.05, 0) is 44.8 Å². The van der Waals surface area contributed by atoms with Crippen LogP contribution in [0.5, 0.6) is 0 Å². The average molecular weight is 271 g/mol. The van der Waals surface area contributed by atoms with Gasteiger partial charge in [0.05, 0.1) is 12.5 Å². The van der Waals surface area contributed by atoms with Crippen LogP contribution in [0.3, 0.4) is 0 Å². The van der Waals surface area contributed by atoms with E-state index in [0.29, 0.717) is 18.9 Å². The predicted octanol–water partition coefficient (Wildman–Crippen LogP) is 0.588. The van der Waals surface area contributed by atoms with Gasteiger partial charge >= 0.3 is 0 Å². The number of nitrogens with zero attached hydrogens (tertiary/aromatic N) is 1. The Morgan fingerprint density at radius 2 is 2.16 bits per heavy atom. The number of hydrogen-bond acceptors (Lipinski definition) is 4. The zero-order chi connectivity index (χ0) is 14.1. The van der Waals surface area contributed by atoms with E-state index in [1.54, 1.807) is 7.11 Å². The van der Waals surface area contributed by atoms with Crippen LogP contribution in [0.2, 0.25) is 0 Å². The molecular weight excluding hydrogens is 242 g/mol. The minimum Gasteiger partial charge on any atom is -0.380 e. The summed E-state index contributed by atoms with van der Waals surface area (Å²) in [6.45, 7) is 6.93. The van der Waals surface area contributed by atoms with E-state index in [9.17, 15) is 4.79 Å². The topological polar surface area (TPSA) is 67.6 Å². The highest BCUT2D eigenvalue weighted by Gasteiger charge is 2.19. The van der Waals surface area contributed by atoms with E-state index in [-0.39, 0.29) is 12.0 Å². The van der Waals surface area contributed by atoms with Crippen LogP contribution in [0.4, 0.5) is 0 Å². The van der Waals surface area contributed by atoms with E-state index in [4.69, 9.17) is 10.5 Å². The summed E-state index contributed by atoms with van der Waals surface area (Å²) in [5.74, 6) is 0.671. The maximum atomic E-state index is 11.7. The number of rotatable bonds is 8. The van der Waals surface area contributed by atoms with Crippen molar-refractivity contribution in [2.24, 2.45) is 11.7 Å². The molecule has 0 radical (unpaired) electrons. The number of carbonyl (C=O) groups excluding carboxylic acids is 1. The second kappa shape index (κ2) is 9.28. The number of nitrogens with one attached hydrogen (secondary N) is 1. The van der Waals surface area contributed by atoms with E-state index in [2.05, 4.69) is 17.1 Å². The summed E-state index contributed by atoms with van der Waals surface area (Å²) in [7, 11) is 1.59. The fourth-order valence-electron chi connectivity index (χ4n) is 2.53. The summed E-state index contributed by atoms with van der Waals surface area (Å²) in [6.07, 6.45) is 3.79. The molecule has 1 aliphatic rings. The van der Waals surface area contributed by atoms with Gasteiger partial charge in [-0.2, -0.15) is 0 Å². The number of carbonyl (C=O) groups is 1. The molecule has 0 spiro atoms. The van der Waals surface area contributed by atoms with Crippen LogP contribution < -0.4 is 11.1 Å².